The lowest BCUT2D eigenvalue weighted by molar-refractivity contribution is -0.125. The van der Waals surface area contributed by atoms with E-state index in [9.17, 15) is 4.79 Å². The van der Waals surface area contributed by atoms with Gasteiger partial charge in [-0.25, -0.2) is 0 Å². The van der Waals surface area contributed by atoms with Crippen LogP contribution in [0.25, 0.3) is 0 Å². The van der Waals surface area contributed by atoms with Crippen molar-refractivity contribution >= 4 is 5.91 Å². The van der Waals surface area contributed by atoms with Gasteiger partial charge in [-0.2, -0.15) is 0 Å². The molecule has 0 saturated carbocycles. The second-order valence-corrected chi connectivity index (χ2v) is 6.36. The van der Waals surface area contributed by atoms with E-state index in [1.54, 1.807) is 0 Å². The van der Waals surface area contributed by atoms with Crippen molar-refractivity contribution in [1.29, 1.82) is 0 Å². The molecule has 3 rings (SSSR count). The van der Waals surface area contributed by atoms with E-state index >= 15 is 0 Å². The molecule has 1 atom stereocenters. The van der Waals surface area contributed by atoms with E-state index in [1.165, 1.54) is 11.1 Å². The molecule has 0 spiro atoms. The van der Waals surface area contributed by atoms with E-state index in [4.69, 9.17) is 4.74 Å². The highest BCUT2D eigenvalue weighted by atomic mass is 16.5. The first kappa shape index (κ1) is 16.2. The van der Waals surface area contributed by atoms with Crippen LogP contribution in [0.5, 0.6) is 0 Å². The number of hydrogen-bond donors (Lipinski definition) is 1. The topological polar surface area (TPSA) is 41.6 Å². The summed E-state index contributed by atoms with van der Waals surface area (Å²) in [5.74, 6) is 0.335. The van der Waals surface area contributed by atoms with Crippen molar-refractivity contribution in [2.45, 2.75) is 32.4 Å². The molecule has 1 aromatic rings. The van der Waals surface area contributed by atoms with Gasteiger partial charge in [-0.3, -0.25) is 9.69 Å². The van der Waals surface area contributed by atoms with Crippen LogP contribution in [0.3, 0.4) is 0 Å². The molecule has 0 bridgehead atoms. The number of morpholine rings is 1. The normalized spacial score (nSPS) is 22.0. The van der Waals surface area contributed by atoms with Crippen LogP contribution < -0.4 is 5.32 Å². The standard InChI is InChI=1S/C19H26N2O2/c22-19(16-6-2-1-3-7-16)20-14-17-8-4-5-9-18(17)15-21-10-12-23-13-11-21/h1-2,4-5,8-9,16H,3,6-7,10-15H2,(H,20,22)/t16-/m0/s1. The van der Waals surface area contributed by atoms with Gasteiger partial charge in [0.1, 0.15) is 0 Å². The van der Waals surface area contributed by atoms with Gasteiger partial charge in [0.15, 0.2) is 0 Å². The number of benzene rings is 1. The Morgan fingerprint density at radius 1 is 1.17 bits per heavy atom. The van der Waals surface area contributed by atoms with Crippen molar-refractivity contribution in [3.8, 4) is 0 Å². The summed E-state index contributed by atoms with van der Waals surface area (Å²) in [6, 6.07) is 8.41. The van der Waals surface area contributed by atoms with Crippen LogP contribution in [0, 0.1) is 5.92 Å². The van der Waals surface area contributed by atoms with Crippen LogP contribution in [-0.2, 0) is 22.6 Å². The summed E-state index contributed by atoms with van der Waals surface area (Å²) in [5, 5.41) is 3.13. The van der Waals surface area contributed by atoms with Gasteiger partial charge in [0.05, 0.1) is 13.2 Å². The Labute approximate surface area is 138 Å². The van der Waals surface area contributed by atoms with Gasteiger partial charge in [0.2, 0.25) is 5.91 Å². The third kappa shape index (κ3) is 4.66. The lowest BCUT2D eigenvalue weighted by atomic mass is 9.93. The molecule has 1 aliphatic heterocycles. The molecule has 1 fully saturated rings. The highest BCUT2D eigenvalue weighted by molar-refractivity contribution is 5.79. The zero-order valence-corrected chi connectivity index (χ0v) is 13.7. The van der Waals surface area contributed by atoms with Gasteiger partial charge >= 0.3 is 0 Å². The summed E-state index contributed by atoms with van der Waals surface area (Å²) in [6.07, 6.45) is 7.16. The summed E-state index contributed by atoms with van der Waals surface area (Å²) < 4.78 is 5.41. The zero-order valence-electron chi connectivity index (χ0n) is 13.7. The number of nitrogens with one attached hydrogen (secondary N) is 1. The van der Waals surface area contributed by atoms with E-state index in [1.807, 2.05) is 6.07 Å². The predicted octanol–water partition coefficient (Wildman–Crippen LogP) is 2.49. The first-order valence-corrected chi connectivity index (χ1v) is 8.62. The molecule has 0 radical (unpaired) electrons. The van der Waals surface area contributed by atoms with Crippen LogP contribution >= 0.6 is 0 Å². The van der Waals surface area contributed by atoms with Crippen LogP contribution in [-0.4, -0.2) is 37.1 Å². The molecule has 2 aliphatic rings. The molecule has 23 heavy (non-hydrogen) atoms. The number of allylic oxidation sites excluding steroid dienone is 2. The van der Waals surface area contributed by atoms with E-state index < -0.39 is 0 Å². The van der Waals surface area contributed by atoms with Crippen LogP contribution in [0.1, 0.15) is 30.4 Å². The van der Waals surface area contributed by atoms with Crippen molar-refractivity contribution < 1.29 is 9.53 Å². The Morgan fingerprint density at radius 3 is 2.70 bits per heavy atom. The van der Waals surface area contributed by atoms with Crippen molar-refractivity contribution in [1.82, 2.24) is 10.2 Å². The van der Waals surface area contributed by atoms with Gasteiger partial charge in [-0.05, 0) is 30.4 Å². The molecule has 0 aromatic heterocycles. The van der Waals surface area contributed by atoms with Crippen LogP contribution in [0.15, 0.2) is 36.4 Å². The number of rotatable bonds is 5. The lowest BCUT2D eigenvalue weighted by Crippen LogP contribution is -2.36. The first-order chi connectivity index (χ1) is 11.3. The Kier molecular flexibility index (Phi) is 5.83. The number of amides is 1. The zero-order chi connectivity index (χ0) is 15.9. The maximum atomic E-state index is 12.3. The molecule has 124 valence electrons. The Morgan fingerprint density at radius 2 is 1.96 bits per heavy atom. The summed E-state index contributed by atoms with van der Waals surface area (Å²) >= 11 is 0. The van der Waals surface area contributed by atoms with Gasteiger partial charge in [0, 0.05) is 32.1 Å². The number of nitrogens with zero attached hydrogens (tertiary/aromatic N) is 1. The summed E-state index contributed by atoms with van der Waals surface area (Å²) in [5.41, 5.74) is 2.52. The Hall–Kier alpha value is -1.65. The van der Waals surface area contributed by atoms with E-state index in [0.29, 0.717) is 6.54 Å². The van der Waals surface area contributed by atoms with Crippen molar-refractivity contribution in [2.75, 3.05) is 26.3 Å². The second kappa shape index (κ2) is 8.27. The van der Waals surface area contributed by atoms with Gasteiger partial charge in [-0.15, -0.1) is 0 Å². The maximum absolute atomic E-state index is 12.3. The molecular formula is C19H26N2O2. The van der Waals surface area contributed by atoms with Crippen molar-refractivity contribution in [3.63, 3.8) is 0 Å². The average molecular weight is 314 g/mol. The van der Waals surface area contributed by atoms with Crippen molar-refractivity contribution in [3.05, 3.63) is 47.5 Å². The fraction of sp³-hybridized carbons (Fsp3) is 0.526. The molecule has 0 unspecified atom stereocenters. The highest BCUT2D eigenvalue weighted by Gasteiger charge is 2.19. The molecule has 1 saturated heterocycles. The summed E-state index contributed by atoms with van der Waals surface area (Å²) in [4.78, 5) is 14.7. The fourth-order valence-corrected chi connectivity index (χ4v) is 3.24. The van der Waals surface area contributed by atoms with Crippen molar-refractivity contribution in [2.24, 2.45) is 5.92 Å². The molecule has 1 N–H and O–H groups in total. The Bertz CT molecular complexity index is 550. The SMILES string of the molecule is O=C(NCc1ccccc1CN1CCOCC1)[C@H]1CC=CCC1. The average Bonchev–Trinajstić information content (AvgIpc) is 2.62. The minimum atomic E-state index is 0.145. The van der Waals surface area contributed by atoms with E-state index in [0.717, 1.165) is 52.1 Å². The minimum Gasteiger partial charge on any atom is -0.379 e. The van der Waals surface area contributed by atoms with Crippen LogP contribution in [0.4, 0.5) is 0 Å². The molecule has 1 heterocycles. The van der Waals surface area contributed by atoms with E-state index in [-0.39, 0.29) is 11.8 Å². The molecule has 1 aliphatic carbocycles. The van der Waals surface area contributed by atoms with Gasteiger partial charge < -0.3 is 10.1 Å². The fourth-order valence-electron chi connectivity index (χ4n) is 3.24. The summed E-state index contributed by atoms with van der Waals surface area (Å²) in [7, 11) is 0. The third-order valence-electron chi connectivity index (χ3n) is 4.71. The Balaban J connectivity index is 1.56. The molecule has 4 heteroatoms. The molecular weight excluding hydrogens is 288 g/mol. The van der Waals surface area contributed by atoms with E-state index in [2.05, 4.69) is 40.6 Å². The minimum absolute atomic E-state index is 0.145. The first-order valence-electron chi connectivity index (χ1n) is 8.62. The molecule has 1 aromatic carbocycles. The van der Waals surface area contributed by atoms with Gasteiger partial charge in [-0.1, -0.05) is 36.4 Å². The second-order valence-electron chi connectivity index (χ2n) is 6.36. The smallest absolute Gasteiger partial charge is 0.223 e. The van der Waals surface area contributed by atoms with Gasteiger partial charge in [0.25, 0.3) is 0 Å². The number of hydrogen-bond acceptors (Lipinski definition) is 3. The summed E-state index contributed by atoms with van der Waals surface area (Å²) in [6.45, 7) is 5.15. The maximum Gasteiger partial charge on any atom is 0.223 e. The molecule has 1 amide bonds. The van der Waals surface area contributed by atoms with Crippen LogP contribution in [0.2, 0.25) is 0 Å². The monoisotopic (exact) mass is 314 g/mol. The quantitative estimate of drug-likeness (QED) is 0.849. The predicted molar refractivity (Wildman–Crippen MR) is 90.9 cm³/mol. The highest BCUT2D eigenvalue weighted by Crippen LogP contribution is 2.19. The lowest BCUT2D eigenvalue weighted by Gasteiger charge is -2.27. The number of ether oxygens (including phenoxy) is 1. The third-order valence-corrected chi connectivity index (χ3v) is 4.71. The molecule has 4 nitrogen and oxygen atoms in total. The number of carbonyl (C=O) groups excluding carboxylic acids is 1. The number of carbonyl (C=O) groups is 1. The largest absolute Gasteiger partial charge is 0.379 e.